The van der Waals surface area contributed by atoms with E-state index < -0.39 is 5.60 Å². The summed E-state index contributed by atoms with van der Waals surface area (Å²) < 4.78 is 13.0. The quantitative estimate of drug-likeness (QED) is 0.336. The number of hydrogen-bond acceptors (Lipinski definition) is 2. The van der Waals surface area contributed by atoms with Crippen LogP contribution >= 0.6 is 24.0 Å². The molecule has 0 bridgehead atoms. The molecule has 0 spiro atoms. The Morgan fingerprint density at radius 1 is 1.15 bits per heavy atom. The van der Waals surface area contributed by atoms with Crippen LogP contribution < -0.4 is 10.6 Å². The van der Waals surface area contributed by atoms with E-state index in [1.807, 2.05) is 25.1 Å². The highest BCUT2D eigenvalue weighted by Gasteiger charge is 2.36. The number of aliphatic hydroxyl groups is 1. The molecule has 3 N–H and O–H groups in total. The van der Waals surface area contributed by atoms with E-state index in [0.29, 0.717) is 25.5 Å². The number of aryl methyl sites for hydroxylation is 1. The van der Waals surface area contributed by atoms with Crippen LogP contribution in [0.5, 0.6) is 0 Å². The SMILES string of the molecule is CCNC(=NCC1(O)CCc2ccccc21)NCCc1ccc(F)cc1.I. The second kappa shape index (κ2) is 10.0. The summed E-state index contributed by atoms with van der Waals surface area (Å²) in [6, 6.07) is 14.6. The van der Waals surface area contributed by atoms with Crippen molar-refractivity contribution in [2.45, 2.75) is 31.8 Å². The molecule has 2 aromatic rings. The average molecular weight is 483 g/mol. The van der Waals surface area contributed by atoms with Gasteiger partial charge in [-0.15, -0.1) is 24.0 Å². The van der Waals surface area contributed by atoms with Crippen molar-refractivity contribution in [3.8, 4) is 0 Å². The Labute approximate surface area is 177 Å². The van der Waals surface area contributed by atoms with Crippen molar-refractivity contribution >= 4 is 29.9 Å². The van der Waals surface area contributed by atoms with Crippen LogP contribution in [0.1, 0.15) is 30.0 Å². The number of fused-ring (bicyclic) bond motifs is 1. The monoisotopic (exact) mass is 483 g/mol. The molecular weight excluding hydrogens is 456 g/mol. The Bertz CT molecular complexity index is 766. The molecule has 0 radical (unpaired) electrons. The predicted octanol–water partition coefficient (Wildman–Crippen LogP) is 3.38. The van der Waals surface area contributed by atoms with Crippen LogP contribution in [0.15, 0.2) is 53.5 Å². The van der Waals surface area contributed by atoms with Crippen molar-refractivity contribution in [2.24, 2.45) is 4.99 Å². The Morgan fingerprint density at radius 3 is 2.63 bits per heavy atom. The van der Waals surface area contributed by atoms with Gasteiger partial charge < -0.3 is 15.7 Å². The van der Waals surface area contributed by atoms with Gasteiger partial charge in [0.1, 0.15) is 11.4 Å². The number of nitrogens with one attached hydrogen (secondary N) is 2. The standard InChI is InChI=1S/C21H26FN3O.HI/c1-2-23-20(24-14-12-16-7-9-18(22)10-8-16)25-15-21(26)13-11-17-5-3-4-6-19(17)21;/h3-10,26H,2,11-15H2,1H3,(H2,23,24,25);1H. The molecule has 1 unspecified atom stereocenters. The van der Waals surface area contributed by atoms with Gasteiger partial charge in [-0.25, -0.2) is 9.38 Å². The Balaban J connectivity index is 0.00000261. The molecule has 0 saturated heterocycles. The molecule has 0 heterocycles. The predicted molar refractivity (Wildman–Crippen MR) is 118 cm³/mol. The third kappa shape index (κ3) is 5.65. The maximum atomic E-state index is 13.0. The van der Waals surface area contributed by atoms with Gasteiger partial charge in [0.15, 0.2) is 5.96 Å². The van der Waals surface area contributed by atoms with Crippen molar-refractivity contribution in [1.29, 1.82) is 0 Å². The number of hydrogen-bond donors (Lipinski definition) is 3. The molecule has 0 saturated carbocycles. The van der Waals surface area contributed by atoms with E-state index in [1.165, 1.54) is 17.7 Å². The van der Waals surface area contributed by atoms with E-state index in [2.05, 4.69) is 21.7 Å². The molecule has 0 amide bonds. The van der Waals surface area contributed by atoms with Crippen LogP contribution in [-0.2, 0) is 18.4 Å². The normalized spacial score (nSPS) is 18.6. The number of aliphatic imine (C=N–C) groups is 1. The molecule has 1 atom stereocenters. The van der Waals surface area contributed by atoms with Crippen LogP contribution in [0.25, 0.3) is 0 Å². The molecule has 1 aliphatic carbocycles. The van der Waals surface area contributed by atoms with Crippen LogP contribution in [-0.4, -0.2) is 30.7 Å². The lowest BCUT2D eigenvalue weighted by molar-refractivity contribution is 0.0485. The van der Waals surface area contributed by atoms with Crippen LogP contribution in [0.3, 0.4) is 0 Å². The average Bonchev–Trinajstić information content (AvgIpc) is 2.99. The van der Waals surface area contributed by atoms with Gasteiger partial charge in [0, 0.05) is 13.1 Å². The Morgan fingerprint density at radius 2 is 1.89 bits per heavy atom. The van der Waals surface area contributed by atoms with E-state index in [-0.39, 0.29) is 29.8 Å². The number of rotatable bonds is 6. The molecule has 6 heteroatoms. The first-order valence-corrected chi connectivity index (χ1v) is 9.18. The summed E-state index contributed by atoms with van der Waals surface area (Å²) in [5, 5.41) is 17.5. The molecule has 4 nitrogen and oxygen atoms in total. The molecule has 0 aliphatic heterocycles. The number of nitrogens with zero attached hydrogens (tertiary/aromatic N) is 1. The lowest BCUT2D eigenvalue weighted by atomic mass is 9.96. The number of guanidine groups is 1. The maximum absolute atomic E-state index is 13.0. The van der Waals surface area contributed by atoms with Crippen LogP contribution in [0.2, 0.25) is 0 Å². The minimum atomic E-state index is -0.893. The van der Waals surface area contributed by atoms with Crippen molar-refractivity contribution in [3.63, 3.8) is 0 Å². The highest BCUT2D eigenvalue weighted by molar-refractivity contribution is 14.0. The van der Waals surface area contributed by atoms with Gasteiger partial charge >= 0.3 is 0 Å². The molecule has 3 rings (SSSR count). The molecule has 146 valence electrons. The van der Waals surface area contributed by atoms with E-state index in [0.717, 1.165) is 30.5 Å². The van der Waals surface area contributed by atoms with Gasteiger partial charge in [-0.3, -0.25) is 0 Å². The lowest BCUT2D eigenvalue weighted by Gasteiger charge is -2.22. The lowest BCUT2D eigenvalue weighted by Crippen LogP contribution is -2.39. The second-order valence-corrected chi connectivity index (χ2v) is 6.69. The third-order valence-electron chi connectivity index (χ3n) is 4.79. The first-order valence-electron chi connectivity index (χ1n) is 9.18. The van der Waals surface area contributed by atoms with Crippen molar-refractivity contribution in [3.05, 3.63) is 71.0 Å². The number of benzene rings is 2. The highest BCUT2D eigenvalue weighted by atomic mass is 127. The van der Waals surface area contributed by atoms with Gasteiger partial charge in [0.2, 0.25) is 0 Å². The summed E-state index contributed by atoms with van der Waals surface area (Å²) in [4.78, 5) is 4.60. The van der Waals surface area contributed by atoms with Gasteiger partial charge in [-0.05, 0) is 55.0 Å². The molecule has 2 aromatic carbocycles. The summed E-state index contributed by atoms with van der Waals surface area (Å²) in [5.41, 5.74) is 2.37. The van der Waals surface area contributed by atoms with Gasteiger partial charge in [-0.1, -0.05) is 36.4 Å². The molecular formula is C21H27FIN3O. The summed E-state index contributed by atoms with van der Waals surface area (Å²) >= 11 is 0. The third-order valence-corrected chi connectivity index (χ3v) is 4.79. The van der Waals surface area contributed by atoms with Crippen LogP contribution in [0, 0.1) is 5.82 Å². The second-order valence-electron chi connectivity index (χ2n) is 6.69. The smallest absolute Gasteiger partial charge is 0.191 e. The Kier molecular flexibility index (Phi) is 8.04. The van der Waals surface area contributed by atoms with E-state index in [1.54, 1.807) is 12.1 Å². The van der Waals surface area contributed by atoms with Crippen molar-refractivity contribution in [1.82, 2.24) is 10.6 Å². The van der Waals surface area contributed by atoms with Crippen LogP contribution in [0.4, 0.5) is 4.39 Å². The summed E-state index contributed by atoms with van der Waals surface area (Å²) in [6.45, 7) is 3.77. The zero-order chi connectivity index (χ0) is 18.4. The van der Waals surface area contributed by atoms with Crippen molar-refractivity contribution in [2.75, 3.05) is 19.6 Å². The summed E-state index contributed by atoms with van der Waals surface area (Å²) in [6.07, 6.45) is 2.36. The minimum Gasteiger partial charge on any atom is -0.383 e. The minimum absolute atomic E-state index is 0. The first kappa shape index (κ1) is 21.6. The van der Waals surface area contributed by atoms with E-state index in [4.69, 9.17) is 0 Å². The molecule has 1 aliphatic rings. The topological polar surface area (TPSA) is 56.7 Å². The molecule has 0 fully saturated rings. The fraction of sp³-hybridized carbons (Fsp3) is 0.381. The highest BCUT2D eigenvalue weighted by Crippen LogP contribution is 2.36. The maximum Gasteiger partial charge on any atom is 0.191 e. The number of halogens is 2. The van der Waals surface area contributed by atoms with Crippen molar-refractivity contribution < 1.29 is 9.50 Å². The van der Waals surface area contributed by atoms with E-state index in [9.17, 15) is 9.50 Å². The van der Waals surface area contributed by atoms with E-state index >= 15 is 0 Å². The van der Waals surface area contributed by atoms with Gasteiger partial charge in [-0.2, -0.15) is 0 Å². The zero-order valence-electron chi connectivity index (χ0n) is 15.5. The zero-order valence-corrected chi connectivity index (χ0v) is 17.9. The largest absolute Gasteiger partial charge is 0.383 e. The fourth-order valence-corrected chi connectivity index (χ4v) is 3.36. The summed E-state index contributed by atoms with van der Waals surface area (Å²) in [7, 11) is 0. The molecule has 0 aromatic heterocycles. The Hall–Kier alpha value is -1.67. The fourth-order valence-electron chi connectivity index (χ4n) is 3.36. The van der Waals surface area contributed by atoms with Gasteiger partial charge in [0.25, 0.3) is 0 Å². The van der Waals surface area contributed by atoms with Gasteiger partial charge in [0.05, 0.1) is 6.54 Å². The first-order chi connectivity index (χ1) is 12.6. The summed E-state index contributed by atoms with van der Waals surface area (Å²) in [5.74, 6) is 0.467. The molecule has 27 heavy (non-hydrogen) atoms.